The van der Waals surface area contributed by atoms with Crippen LogP contribution in [-0.4, -0.2) is 28.8 Å². The first-order chi connectivity index (χ1) is 10.0. The maximum atomic E-state index is 13.5. The van der Waals surface area contributed by atoms with Crippen molar-refractivity contribution >= 4 is 12.1 Å². The highest BCUT2D eigenvalue weighted by molar-refractivity contribution is 5.80. The van der Waals surface area contributed by atoms with E-state index in [4.69, 9.17) is 9.84 Å². The van der Waals surface area contributed by atoms with E-state index in [-0.39, 0.29) is 0 Å². The van der Waals surface area contributed by atoms with Crippen molar-refractivity contribution in [3.63, 3.8) is 0 Å². The molecule has 0 saturated heterocycles. The van der Waals surface area contributed by atoms with Gasteiger partial charge in [0.1, 0.15) is 17.5 Å². The van der Waals surface area contributed by atoms with Gasteiger partial charge < -0.3 is 15.2 Å². The molecule has 0 aliphatic rings. The summed E-state index contributed by atoms with van der Waals surface area (Å²) >= 11 is 0. The van der Waals surface area contributed by atoms with Crippen molar-refractivity contribution in [1.82, 2.24) is 5.32 Å². The Morgan fingerprint density at radius 1 is 1.23 bits per heavy atom. The van der Waals surface area contributed by atoms with Crippen molar-refractivity contribution in [3.8, 4) is 0 Å². The van der Waals surface area contributed by atoms with Gasteiger partial charge in [-0.05, 0) is 32.9 Å². The summed E-state index contributed by atoms with van der Waals surface area (Å²) < 4.78 is 45.0. The Labute approximate surface area is 125 Å². The van der Waals surface area contributed by atoms with Crippen molar-refractivity contribution in [2.45, 2.75) is 38.8 Å². The van der Waals surface area contributed by atoms with Crippen molar-refractivity contribution in [3.05, 3.63) is 35.1 Å². The first kappa shape index (κ1) is 17.8. The number of aliphatic carboxylic acids is 1. The van der Waals surface area contributed by atoms with Crippen LogP contribution in [0.4, 0.5) is 18.0 Å². The second-order valence-corrected chi connectivity index (χ2v) is 5.56. The zero-order valence-corrected chi connectivity index (χ0v) is 12.2. The Hall–Kier alpha value is -2.25. The van der Waals surface area contributed by atoms with Gasteiger partial charge in [0.15, 0.2) is 11.6 Å². The van der Waals surface area contributed by atoms with Crippen molar-refractivity contribution < 1.29 is 32.6 Å². The fourth-order valence-electron chi connectivity index (χ4n) is 1.61. The molecule has 1 rings (SSSR count). The van der Waals surface area contributed by atoms with Gasteiger partial charge in [-0.15, -0.1) is 0 Å². The molecule has 0 radical (unpaired) electrons. The van der Waals surface area contributed by atoms with E-state index >= 15 is 0 Å². The Bertz CT molecular complexity index is 584. The third kappa shape index (κ3) is 4.94. The van der Waals surface area contributed by atoms with Crippen molar-refractivity contribution in [1.29, 1.82) is 0 Å². The lowest BCUT2D eigenvalue weighted by molar-refractivity contribution is -0.139. The molecular weight excluding hydrogens is 303 g/mol. The number of carbonyl (C=O) groups excluding carboxylic acids is 1. The number of alkyl carbamates (subject to hydrolysis) is 1. The van der Waals surface area contributed by atoms with Gasteiger partial charge in [-0.1, -0.05) is 0 Å². The maximum absolute atomic E-state index is 13.5. The van der Waals surface area contributed by atoms with Crippen LogP contribution >= 0.6 is 0 Å². The number of nitrogens with one attached hydrogen (secondary N) is 1. The van der Waals surface area contributed by atoms with Crippen LogP contribution in [0.15, 0.2) is 12.1 Å². The minimum absolute atomic E-state index is 0.589. The SMILES string of the molecule is CC(C)(C)OC(=O)N[C@H](Cc1c(F)ccc(F)c1F)C(=O)O. The molecule has 2 N–H and O–H groups in total. The highest BCUT2D eigenvalue weighted by Crippen LogP contribution is 2.18. The largest absolute Gasteiger partial charge is 0.480 e. The molecule has 0 saturated carbocycles. The third-order valence-corrected chi connectivity index (χ3v) is 2.54. The second kappa shape index (κ2) is 6.67. The number of halogens is 3. The van der Waals surface area contributed by atoms with Gasteiger partial charge in [-0.2, -0.15) is 0 Å². The average Bonchev–Trinajstić information content (AvgIpc) is 2.35. The maximum Gasteiger partial charge on any atom is 0.408 e. The van der Waals surface area contributed by atoms with Crippen LogP contribution in [-0.2, 0) is 16.0 Å². The molecule has 1 atom stereocenters. The molecule has 122 valence electrons. The first-order valence-electron chi connectivity index (χ1n) is 6.36. The van der Waals surface area contributed by atoms with Crippen molar-refractivity contribution in [2.24, 2.45) is 0 Å². The summed E-state index contributed by atoms with van der Waals surface area (Å²) in [6.45, 7) is 4.69. The number of rotatable bonds is 4. The Morgan fingerprint density at radius 3 is 2.27 bits per heavy atom. The van der Waals surface area contributed by atoms with E-state index in [0.29, 0.717) is 12.1 Å². The molecule has 0 aliphatic carbocycles. The van der Waals surface area contributed by atoms with Crippen molar-refractivity contribution in [2.75, 3.05) is 0 Å². The molecule has 0 heterocycles. The van der Waals surface area contributed by atoms with Gasteiger partial charge in [0, 0.05) is 12.0 Å². The molecule has 1 amide bonds. The monoisotopic (exact) mass is 319 g/mol. The molecule has 0 spiro atoms. The fourth-order valence-corrected chi connectivity index (χ4v) is 1.61. The molecule has 0 bridgehead atoms. The zero-order chi connectivity index (χ0) is 17.1. The molecule has 22 heavy (non-hydrogen) atoms. The third-order valence-electron chi connectivity index (χ3n) is 2.54. The number of carboxylic acid groups (broad SMARTS) is 1. The van der Waals surface area contributed by atoms with E-state index in [1.165, 1.54) is 0 Å². The number of amides is 1. The summed E-state index contributed by atoms with van der Waals surface area (Å²) in [5.74, 6) is -5.43. The molecule has 8 heteroatoms. The molecule has 0 aliphatic heterocycles. The predicted molar refractivity (Wildman–Crippen MR) is 70.8 cm³/mol. The second-order valence-electron chi connectivity index (χ2n) is 5.56. The van der Waals surface area contributed by atoms with Crippen LogP contribution in [0.25, 0.3) is 0 Å². The molecule has 1 aromatic rings. The van der Waals surface area contributed by atoms with E-state index in [1.807, 2.05) is 5.32 Å². The van der Waals surface area contributed by atoms with Crippen LogP contribution in [0.3, 0.4) is 0 Å². The number of hydrogen-bond donors (Lipinski definition) is 2. The van der Waals surface area contributed by atoms with Crippen LogP contribution < -0.4 is 5.32 Å². The average molecular weight is 319 g/mol. The number of ether oxygens (including phenoxy) is 1. The molecule has 0 fully saturated rings. The summed E-state index contributed by atoms with van der Waals surface area (Å²) in [5.41, 5.74) is -1.63. The summed E-state index contributed by atoms with van der Waals surface area (Å²) in [7, 11) is 0. The van der Waals surface area contributed by atoms with Crippen LogP contribution in [0.5, 0.6) is 0 Å². The van der Waals surface area contributed by atoms with Gasteiger partial charge in [0.2, 0.25) is 0 Å². The summed E-state index contributed by atoms with van der Waals surface area (Å²) in [6.07, 6.45) is -1.82. The van der Waals surface area contributed by atoms with E-state index in [1.54, 1.807) is 20.8 Å². The van der Waals surface area contributed by atoms with Gasteiger partial charge in [-0.25, -0.2) is 22.8 Å². The standard InChI is InChI=1S/C14H16F3NO4/c1-14(2,3)22-13(21)18-10(12(19)20)6-7-8(15)4-5-9(16)11(7)17/h4-5,10H,6H2,1-3H3,(H,18,21)(H,19,20)/t10-/m1/s1. The van der Waals surface area contributed by atoms with Gasteiger partial charge in [-0.3, -0.25) is 0 Å². The molecule has 0 unspecified atom stereocenters. The Morgan fingerprint density at radius 2 is 1.77 bits per heavy atom. The quantitative estimate of drug-likeness (QED) is 0.837. The number of hydrogen-bond acceptors (Lipinski definition) is 3. The van der Waals surface area contributed by atoms with Crippen LogP contribution in [0.1, 0.15) is 26.3 Å². The minimum atomic E-state index is -1.67. The van der Waals surface area contributed by atoms with Crippen LogP contribution in [0.2, 0.25) is 0 Å². The fraction of sp³-hybridized carbons (Fsp3) is 0.429. The number of benzene rings is 1. The van der Waals surface area contributed by atoms with E-state index in [2.05, 4.69) is 0 Å². The lowest BCUT2D eigenvalue weighted by Crippen LogP contribution is -2.45. The summed E-state index contributed by atoms with van der Waals surface area (Å²) in [6, 6.07) is -0.397. The molecule has 1 aromatic carbocycles. The lowest BCUT2D eigenvalue weighted by Gasteiger charge is -2.22. The number of carbonyl (C=O) groups is 2. The smallest absolute Gasteiger partial charge is 0.408 e. The Balaban J connectivity index is 2.93. The summed E-state index contributed by atoms with van der Waals surface area (Å²) in [4.78, 5) is 22.6. The molecule has 5 nitrogen and oxygen atoms in total. The highest BCUT2D eigenvalue weighted by Gasteiger charge is 2.27. The molecular formula is C14H16F3NO4. The lowest BCUT2D eigenvalue weighted by atomic mass is 10.0. The summed E-state index contributed by atoms with van der Waals surface area (Å²) in [5, 5.41) is 11.0. The molecule has 0 aromatic heterocycles. The van der Waals surface area contributed by atoms with E-state index in [0.717, 1.165) is 0 Å². The zero-order valence-electron chi connectivity index (χ0n) is 12.2. The normalized spacial score (nSPS) is 12.6. The highest BCUT2D eigenvalue weighted by atomic mass is 19.2. The van der Waals surface area contributed by atoms with Gasteiger partial charge in [0.25, 0.3) is 0 Å². The first-order valence-corrected chi connectivity index (χ1v) is 6.36. The predicted octanol–water partition coefficient (Wildman–Crippen LogP) is 2.62. The van der Waals surface area contributed by atoms with E-state index in [9.17, 15) is 22.8 Å². The number of carboxylic acids is 1. The van der Waals surface area contributed by atoms with E-state index < -0.39 is 53.1 Å². The Kier molecular flexibility index (Phi) is 5.40. The van der Waals surface area contributed by atoms with Crippen LogP contribution in [0, 0.1) is 17.5 Å². The van der Waals surface area contributed by atoms with Gasteiger partial charge >= 0.3 is 12.1 Å². The van der Waals surface area contributed by atoms with Gasteiger partial charge in [0.05, 0.1) is 0 Å². The minimum Gasteiger partial charge on any atom is -0.480 e. The topological polar surface area (TPSA) is 75.6 Å².